The molecule has 1 heterocycles. The zero-order valence-electron chi connectivity index (χ0n) is 10.4. The number of hydrogen-bond acceptors (Lipinski definition) is 2. The molecule has 0 atom stereocenters. The number of aliphatic carboxylic acids is 1. The second-order valence-corrected chi connectivity index (χ2v) is 4.69. The maximum absolute atomic E-state index is 12.5. The van der Waals surface area contributed by atoms with Gasteiger partial charge >= 0.3 is 12.1 Å². The van der Waals surface area contributed by atoms with E-state index in [4.69, 9.17) is 5.11 Å². The first-order valence-electron chi connectivity index (χ1n) is 6.02. The monoisotopic (exact) mass is 290 g/mol. The molecule has 0 spiro atoms. The summed E-state index contributed by atoms with van der Waals surface area (Å²) in [5, 5.41) is 8.71. The molecule has 0 aromatic carbocycles. The number of rotatable bonds is 5. The van der Waals surface area contributed by atoms with Crippen molar-refractivity contribution in [2.45, 2.75) is 31.6 Å². The van der Waals surface area contributed by atoms with E-state index in [0.717, 1.165) is 9.47 Å². The fraction of sp³-hybridized carbons (Fsp3) is 0.500. The number of hydrogen-bond donors (Lipinski definition) is 1. The zero-order valence-corrected chi connectivity index (χ0v) is 10.4. The summed E-state index contributed by atoms with van der Waals surface area (Å²) >= 11 is 0. The summed E-state index contributed by atoms with van der Waals surface area (Å²) in [6, 6.07) is 2.36. The Labute approximate surface area is 112 Å². The lowest BCUT2D eigenvalue weighted by Crippen LogP contribution is -2.41. The van der Waals surface area contributed by atoms with Gasteiger partial charge in [0.1, 0.15) is 18.8 Å². The van der Waals surface area contributed by atoms with Gasteiger partial charge in [-0.25, -0.2) is 0 Å². The molecular weight excluding hydrogens is 277 g/mol. The predicted octanol–water partition coefficient (Wildman–Crippen LogP) is 1.74. The van der Waals surface area contributed by atoms with E-state index in [0.29, 0.717) is 12.8 Å². The predicted molar refractivity (Wildman–Crippen MR) is 62.2 cm³/mol. The molecule has 20 heavy (non-hydrogen) atoms. The third kappa shape index (κ3) is 3.52. The number of carboxylic acid groups (broad SMARTS) is 1. The van der Waals surface area contributed by atoms with Crippen molar-refractivity contribution < 1.29 is 27.9 Å². The molecule has 0 radical (unpaired) electrons. The zero-order chi connectivity index (χ0) is 14.9. The molecule has 1 N–H and O–H groups in total. The smallest absolute Gasteiger partial charge is 0.406 e. The summed E-state index contributed by atoms with van der Waals surface area (Å²) in [4.78, 5) is 23.6. The van der Waals surface area contributed by atoms with Gasteiger partial charge < -0.3 is 14.6 Å². The second-order valence-electron chi connectivity index (χ2n) is 4.69. The van der Waals surface area contributed by atoms with Gasteiger partial charge in [-0.15, -0.1) is 0 Å². The lowest BCUT2D eigenvalue weighted by molar-refractivity contribution is -0.142. The van der Waals surface area contributed by atoms with Crippen LogP contribution in [-0.4, -0.2) is 45.2 Å². The van der Waals surface area contributed by atoms with Gasteiger partial charge in [-0.1, -0.05) is 0 Å². The highest BCUT2D eigenvalue weighted by Gasteiger charge is 2.41. The van der Waals surface area contributed by atoms with Crippen LogP contribution in [0.25, 0.3) is 0 Å². The lowest BCUT2D eigenvalue weighted by Gasteiger charge is -2.24. The van der Waals surface area contributed by atoms with Crippen molar-refractivity contribution in [3.63, 3.8) is 0 Å². The van der Waals surface area contributed by atoms with Crippen LogP contribution in [0.4, 0.5) is 13.2 Å². The van der Waals surface area contributed by atoms with Gasteiger partial charge in [0.05, 0.1) is 0 Å². The van der Waals surface area contributed by atoms with E-state index in [1.807, 2.05) is 0 Å². The van der Waals surface area contributed by atoms with E-state index < -0.39 is 37.2 Å². The topological polar surface area (TPSA) is 62.5 Å². The van der Waals surface area contributed by atoms with Crippen molar-refractivity contribution >= 4 is 11.9 Å². The maximum atomic E-state index is 12.5. The van der Waals surface area contributed by atoms with E-state index in [1.165, 1.54) is 18.3 Å². The van der Waals surface area contributed by atoms with E-state index in [-0.39, 0.29) is 5.69 Å². The van der Waals surface area contributed by atoms with Gasteiger partial charge in [-0.05, 0) is 25.0 Å². The van der Waals surface area contributed by atoms with Crippen molar-refractivity contribution in [3.05, 3.63) is 24.0 Å². The highest BCUT2D eigenvalue weighted by molar-refractivity contribution is 5.93. The number of halogens is 3. The Hall–Kier alpha value is -1.99. The van der Waals surface area contributed by atoms with Crippen LogP contribution in [0.15, 0.2) is 18.3 Å². The first-order chi connectivity index (χ1) is 9.28. The SMILES string of the molecule is O=C(O)Cn1cccc1C(=O)N(CC(F)(F)F)C1CC1. The first kappa shape index (κ1) is 14.4. The molecule has 1 aromatic heterocycles. The first-order valence-corrected chi connectivity index (χ1v) is 6.02. The molecule has 0 bridgehead atoms. The number of alkyl halides is 3. The summed E-state index contributed by atoms with van der Waals surface area (Å²) in [7, 11) is 0. The minimum Gasteiger partial charge on any atom is -0.480 e. The fourth-order valence-electron chi connectivity index (χ4n) is 1.99. The van der Waals surface area contributed by atoms with Crippen LogP contribution in [0.5, 0.6) is 0 Å². The normalized spacial score (nSPS) is 15.2. The van der Waals surface area contributed by atoms with Crippen LogP contribution in [0.2, 0.25) is 0 Å². The Bertz CT molecular complexity index is 520. The van der Waals surface area contributed by atoms with E-state index in [1.54, 1.807) is 0 Å². The number of aromatic nitrogens is 1. The fourth-order valence-corrected chi connectivity index (χ4v) is 1.99. The van der Waals surface area contributed by atoms with Crippen LogP contribution >= 0.6 is 0 Å². The lowest BCUT2D eigenvalue weighted by atomic mass is 10.3. The standard InChI is InChI=1S/C12H13F3N2O3/c13-12(14,15)7-17(8-3-4-8)11(20)9-2-1-5-16(9)6-10(18)19/h1-2,5,8H,3-4,6-7H2,(H,18,19). The molecule has 0 unspecified atom stereocenters. The van der Waals surface area contributed by atoms with E-state index >= 15 is 0 Å². The molecule has 5 nitrogen and oxygen atoms in total. The van der Waals surface area contributed by atoms with Crippen molar-refractivity contribution in [2.75, 3.05) is 6.54 Å². The number of amides is 1. The maximum Gasteiger partial charge on any atom is 0.406 e. The Morgan fingerprint density at radius 3 is 2.55 bits per heavy atom. The summed E-state index contributed by atoms with van der Waals surface area (Å²) in [5.74, 6) is -1.94. The van der Waals surface area contributed by atoms with Crippen LogP contribution in [0, 0.1) is 0 Å². The van der Waals surface area contributed by atoms with Crippen molar-refractivity contribution in [1.82, 2.24) is 9.47 Å². The Morgan fingerprint density at radius 1 is 1.40 bits per heavy atom. The molecule has 0 aliphatic heterocycles. The summed E-state index contributed by atoms with van der Waals surface area (Å²) < 4.78 is 38.7. The third-order valence-electron chi connectivity index (χ3n) is 2.95. The Morgan fingerprint density at radius 2 is 2.05 bits per heavy atom. The molecule has 1 amide bonds. The Kier molecular flexibility index (Phi) is 3.74. The number of nitrogens with zero attached hydrogens (tertiary/aromatic N) is 2. The van der Waals surface area contributed by atoms with Gasteiger partial charge in [0.25, 0.3) is 5.91 Å². The van der Waals surface area contributed by atoms with E-state index in [9.17, 15) is 22.8 Å². The Balaban J connectivity index is 2.19. The van der Waals surface area contributed by atoms with Crippen molar-refractivity contribution in [2.24, 2.45) is 0 Å². The minimum absolute atomic E-state index is 0.0384. The summed E-state index contributed by atoms with van der Waals surface area (Å²) in [6.45, 7) is -1.77. The minimum atomic E-state index is -4.47. The molecule has 1 aliphatic rings. The van der Waals surface area contributed by atoms with Crippen molar-refractivity contribution in [3.8, 4) is 0 Å². The summed E-state index contributed by atoms with van der Waals surface area (Å²) in [6.07, 6.45) is -2.02. The molecule has 110 valence electrons. The summed E-state index contributed by atoms with van der Waals surface area (Å²) in [5.41, 5.74) is -0.0384. The van der Waals surface area contributed by atoms with Crippen molar-refractivity contribution in [1.29, 1.82) is 0 Å². The van der Waals surface area contributed by atoms with Gasteiger partial charge in [0, 0.05) is 12.2 Å². The van der Waals surface area contributed by atoms with Crippen LogP contribution in [0.3, 0.4) is 0 Å². The molecule has 1 aliphatic carbocycles. The van der Waals surface area contributed by atoms with Gasteiger partial charge in [-0.3, -0.25) is 9.59 Å². The molecule has 0 saturated heterocycles. The quantitative estimate of drug-likeness (QED) is 0.898. The second kappa shape index (κ2) is 5.18. The number of carbonyl (C=O) groups is 2. The molecule has 1 saturated carbocycles. The van der Waals surface area contributed by atoms with E-state index in [2.05, 4.69) is 0 Å². The number of carboxylic acids is 1. The number of carbonyl (C=O) groups excluding carboxylic acids is 1. The van der Waals surface area contributed by atoms with Gasteiger partial charge in [0.15, 0.2) is 0 Å². The van der Waals surface area contributed by atoms with Crippen LogP contribution < -0.4 is 0 Å². The highest BCUT2D eigenvalue weighted by atomic mass is 19.4. The van der Waals surface area contributed by atoms with Gasteiger partial charge in [-0.2, -0.15) is 13.2 Å². The largest absolute Gasteiger partial charge is 0.480 e. The average Bonchev–Trinajstić information content (AvgIpc) is 3.05. The van der Waals surface area contributed by atoms with Crippen LogP contribution in [-0.2, 0) is 11.3 Å². The molecule has 1 aromatic rings. The van der Waals surface area contributed by atoms with Gasteiger partial charge in [0.2, 0.25) is 0 Å². The molecule has 2 rings (SSSR count). The average molecular weight is 290 g/mol. The molecular formula is C12H13F3N2O3. The molecule has 8 heteroatoms. The molecule has 1 fully saturated rings. The third-order valence-corrected chi connectivity index (χ3v) is 2.95. The van der Waals surface area contributed by atoms with Crippen LogP contribution in [0.1, 0.15) is 23.3 Å². The highest BCUT2D eigenvalue weighted by Crippen LogP contribution is 2.31.